The van der Waals surface area contributed by atoms with Gasteiger partial charge in [-0.1, -0.05) is 11.2 Å². The van der Waals surface area contributed by atoms with E-state index >= 15 is 0 Å². The number of benzene rings is 1. The first-order valence-corrected chi connectivity index (χ1v) is 5.53. The molecule has 0 spiro atoms. The van der Waals surface area contributed by atoms with Gasteiger partial charge in [0, 0.05) is 11.3 Å². The van der Waals surface area contributed by atoms with Gasteiger partial charge in [-0.05, 0) is 32.0 Å². The van der Waals surface area contributed by atoms with Crippen molar-refractivity contribution in [2.45, 2.75) is 19.9 Å². The molecule has 2 aromatic rings. The van der Waals surface area contributed by atoms with Gasteiger partial charge in [-0.15, -0.1) is 0 Å². The van der Waals surface area contributed by atoms with E-state index in [9.17, 15) is 4.79 Å². The number of rotatable bonds is 4. The fourth-order valence-corrected chi connectivity index (χ4v) is 1.56. The van der Waals surface area contributed by atoms with Crippen molar-refractivity contribution in [2.24, 2.45) is 5.73 Å². The topological polar surface area (TPSA) is 94.0 Å². The van der Waals surface area contributed by atoms with Crippen molar-refractivity contribution < 1.29 is 9.32 Å². The summed E-state index contributed by atoms with van der Waals surface area (Å²) in [5, 5.41) is 6.89. The molecule has 0 saturated heterocycles. The lowest BCUT2D eigenvalue weighted by Crippen LogP contribution is -2.12. The Balaban J connectivity index is 2.14. The van der Waals surface area contributed by atoms with E-state index in [0.29, 0.717) is 17.3 Å². The number of nitrogens with zero attached hydrogens (tertiary/aromatic N) is 2. The first kappa shape index (κ1) is 12.1. The van der Waals surface area contributed by atoms with Gasteiger partial charge < -0.3 is 15.6 Å². The van der Waals surface area contributed by atoms with Crippen LogP contribution in [0.3, 0.4) is 0 Å². The molecule has 0 aliphatic heterocycles. The lowest BCUT2D eigenvalue weighted by atomic mass is 10.2. The van der Waals surface area contributed by atoms with Gasteiger partial charge in [0.1, 0.15) is 6.04 Å². The molecule has 1 amide bonds. The minimum atomic E-state index is -0.458. The van der Waals surface area contributed by atoms with Gasteiger partial charge in [0.25, 0.3) is 0 Å². The zero-order valence-electron chi connectivity index (χ0n) is 10.2. The Morgan fingerprint density at radius 2 is 2.28 bits per heavy atom. The van der Waals surface area contributed by atoms with Gasteiger partial charge in [-0.25, -0.2) is 0 Å². The second kappa shape index (κ2) is 4.87. The second-order valence-corrected chi connectivity index (χ2v) is 3.99. The molecule has 2 rings (SSSR count). The highest BCUT2D eigenvalue weighted by Crippen LogP contribution is 2.18. The van der Waals surface area contributed by atoms with Crippen LogP contribution >= 0.6 is 0 Å². The minimum absolute atomic E-state index is 0.144. The Hall–Kier alpha value is -2.37. The summed E-state index contributed by atoms with van der Waals surface area (Å²) in [5.41, 5.74) is 6.45. The summed E-state index contributed by atoms with van der Waals surface area (Å²) in [6.07, 6.45) is 0. The van der Waals surface area contributed by atoms with E-state index in [-0.39, 0.29) is 6.04 Å². The number of amides is 1. The SMILES string of the molecule is Cc1noc(C(C)Nc2cccc(C(N)=O)c2)n1. The highest BCUT2D eigenvalue weighted by Gasteiger charge is 2.12. The van der Waals surface area contributed by atoms with E-state index in [1.54, 1.807) is 25.1 Å². The molecule has 1 aromatic carbocycles. The molecule has 0 radical (unpaired) electrons. The molecule has 18 heavy (non-hydrogen) atoms. The van der Waals surface area contributed by atoms with Crippen LogP contribution in [0, 0.1) is 6.92 Å². The van der Waals surface area contributed by atoms with Crippen LogP contribution in [-0.2, 0) is 0 Å². The zero-order chi connectivity index (χ0) is 13.1. The smallest absolute Gasteiger partial charge is 0.248 e. The number of hydrogen-bond acceptors (Lipinski definition) is 5. The van der Waals surface area contributed by atoms with E-state index in [1.807, 2.05) is 13.0 Å². The Labute approximate surface area is 104 Å². The van der Waals surface area contributed by atoms with Gasteiger partial charge in [0.2, 0.25) is 11.8 Å². The molecule has 0 fully saturated rings. The molecule has 0 bridgehead atoms. The highest BCUT2D eigenvalue weighted by molar-refractivity contribution is 5.93. The average Bonchev–Trinajstić information content (AvgIpc) is 2.76. The number of carbonyl (C=O) groups excluding carboxylic acids is 1. The Morgan fingerprint density at radius 1 is 1.50 bits per heavy atom. The number of hydrogen-bond donors (Lipinski definition) is 2. The molecule has 1 heterocycles. The fourth-order valence-electron chi connectivity index (χ4n) is 1.56. The van der Waals surface area contributed by atoms with Crippen LogP contribution in [0.4, 0.5) is 5.69 Å². The number of anilines is 1. The van der Waals surface area contributed by atoms with E-state index in [4.69, 9.17) is 10.3 Å². The van der Waals surface area contributed by atoms with Crippen LogP contribution in [-0.4, -0.2) is 16.0 Å². The normalized spacial score (nSPS) is 12.1. The molecule has 0 aliphatic rings. The van der Waals surface area contributed by atoms with Crippen molar-refractivity contribution in [3.63, 3.8) is 0 Å². The molecule has 6 nitrogen and oxygen atoms in total. The molecule has 94 valence electrons. The molecule has 1 atom stereocenters. The molecule has 6 heteroatoms. The standard InChI is InChI=1S/C12H14N4O2/c1-7(12-15-8(2)16-18-12)14-10-5-3-4-9(6-10)11(13)17/h3-7,14H,1-2H3,(H2,13,17). The zero-order valence-corrected chi connectivity index (χ0v) is 10.2. The number of primary amides is 1. The third kappa shape index (κ3) is 2.65. The Bertz CT molecular complexity index is 565. The van der Waals surface area contributed by atoms with Crippen LogP contribution in [0.15, 0.2) is 28.8 Å². The summed E-state index contributed by atoms with van der Waals surface area (Å²) in [5.74, 6) is 0.626. The fraction of sp³-hybridized carbons (Fsp3) is 0.250. The van der Waals surface area contributed by atoms with Crippen molar-refractivity contribution in [3.8, 4) is 0 Å². The van der Waals surface area contributed by atoms with Gasteiger partial charge in [0.15, 0.2) is 5.82 Å². The molecular weight excluding hydrogens is 232 g/mol. The number of nitrogens with two attached hydrogens (primary N) is 1. The largest absolute Gasteiger partial charge is 0.374 e. The average molecular weight is 246 g/mol. The number of aryl methyl sites for hydroxylation is 1. The summed E-state index contributed by atoms with van der Waals surface area (Å²) in [4.78, 5) is 15.2. The third-order valence-corrected chi connectivity index (χ3v) is 2.44. The molecule has 1 unspecified atom stereocenters. The molecule has 0 saturated carbocycles. The highest BCUT2D eigenvalue weighted by atomic mass is 16.5. The van der Waals surface area contributed by atoms with Crippen LogP contribution in [0.5, 0.6) is 0 Å². The van der Waals surface area contributed by atoms with Gasteiger partial charge >= 0.3 is 0 Å². The monoisotopic (exact) mass is 246 g/mol. The van der Waals surface area contributed by atoms with E-state index in [1.165, 1.54) is 0 Å². The van der Waals surface area contributed by atoms with Crippen molar-refractivity contribution in [1.29, 1.82) is 0 Å². The van der Waals surface area contributed by atoms with Crippen LogP contribution < -0.4 is 11.1 Å². The van der Waals surface area contributed by atoms with Crippen molar-refractivity contribution in [1.82, 2.24) is 10.1 Å². The molecule has 0 aliphatic carbocycles. The Morgan fingerprint density at radius 3 is 2.89 bits per heavy atom. The van der Waals surface area contributed by atoms with Crippen LogP contribution in [0.1, 0.15) is 35.0 Å². The van der Waals surface area contributed by atoms with Gasteiger partial charge in [-0.3, -0.25) is 4.79 Å². The summed E-state index contributed by atoms with van der Waals surface area (Å²) < 4.78 is 5.06. The predicted octanol–water partition coefficient (Wildman–Crippen LogP) is 1.65. The van der Waals surface area contributed by atoms with Gasteiger partial charge in [0.05, 0.1) is 0 Å². The quantitative estimate of drug-likeness (QED) is 0.855. The lowest BCUT2D eigenvalue weighted by Gasteiger charge is -2.11. The van der Waals surface area contributed by atoms with Crippen molar-refractivity contribution in [3.05, 3.63) is 41.5 Å². The summed E-state index contributed by atoms with van der Waals surface area (Å²) >= 11 is 0. The summed E-state index contributed by atoms with van der Waals surface area (Å²) in [6, 6.07) is 6.80. The van der Waals surface area contributed by atoms with Crippen LogP contribution in [0.25, 0.3) is 0 Å². The number of aromatic nitrogens is 2. The summed E-state index contributed by atoms with van der Waals surface area (Å²) in [6.45, 7) is 3.65. The second-order valence-electron chi connectivity index (χ2n) is 3.99. The Kier molecular flexibility index (Phi) is 3.27. The van der Waals surface area contributed by atoms with E-state index < -0.39 is 5.91 Å². The number of carbonyl (C=O) groups is 1. The van der Waals surface area contributed by atoms with Gasteiger partial charge in [-0.2, -0.15) is 4.98 Å². The van der Waals surface area contributed by atoms with Crippen molar-refractivity contribution >= 4 is 11.6 Å². The minimum Gasteiger partial charge on any atom is -0.374 e. The molecule has 3 N–H and O–H groups in total. The third-order valence-electron chi connectivity index (χ3n) is 2.44. The first-order chi connectivity index (χ1) is 8.56. The molecular formula is C12H14N4O2. The first-order valence-electron chi connectivity index (χ1n) is 5.53. The van der Waals surface area contributed by atoms with Crippen molar-refractivity contribution in [2.75, 3.05) is 5.32 Å². The predicted molar refractivity (Wildman–Crippen MR) is 66.0 cm³/mol. The lowest BCUT2D eigenvalue weighted by molar-refractivity contribution is 0.100. The van der Waals surface area contributed by atoms with Crippen LogP contribution in [0.2, 0.25) is 0 Å². The van der Waals surface area contributed by atoms with E-state index in [0.717, 1.165) is 5.69 Å². The maximum atomic E-state index is 11.1. The number of nitrogens with one attached hydrogen (secondary N) is 1. The molecule has 1 aromatic heterocycles. The van der Waals surface area contributed by atoms with E-state index in [2.05, 4.69) is 15.5 Å². The summed E-state index contributed by atoms with van der Waals surface area (Å²) in [7, 11) is 0. The maximum Gasteiger partial charge on any atom is 0.248 e. The maximum absolute atomic E-state index is 11.1.